The second-order valence-corrected chi connectivity index (χ2v) is 6.95. The number of aromatic nitrogens is 1. The molecule has 6 nitrogen and oxygen atoms in total. The van der Waals surface area contributed by atoms with E-state index in [2.05, 4.69) is 4.98 Å². The average Bonchev–Trinajstić information content (AvgIpc) is 2.55. The number of rotatable bonds is 3. The number of halogens is 1. The third-order valence-corrected chi connectivity index (χ3v) is 5.23. The molecule has 0 N–H and O–H groups in total. The Labute approximate surface area is 133 Å². The van der Waals surface area contributed by atoms with Gasteiger partial charge < -0.3 is 9.47 Å². The minimum absolute atomic E-state index is 0.00242. The Morgan fingerprint density at radius 3 is 2.78 bits per heavy atom. The van der Waals surface area contributed by atoms with E-state index in [1.807, 2.05) is 0 Å². The molecule has 0 spiro atoms. The van der Waals surface area contributed by atoms with Crippen LogP contribution in [0.2, 0.25) is 0 Å². The lowest BCUT2D eigenvalue weighted by Crippen LogP contribution is -2.42. The molecule has 0 unspecified atom stereocenters. The predicted molar refractivity (Wildman–Crippen MR) is 81.8 cm³/mol. The van der Waals surface area contributed by atoms with Gasteiger partial charge in [0.15, 0.2) is 11.6 Å². The first kappa shape index (κ1) is 15.5. The van der Waals surface area contributed by atoms with Crippen LogP contribution in [0.1, 0.15) is 6.92 Å². The first-order chi connectivity index (χ1) is 10.9. The molecule has 1 aromatic heterocycles. The topological polar surface area (TPSA) is 68.7 Å². The molecule has 2 aromatic rings. The van der Waals surface area contributed by atoms with Gasteiger partial charge in [0.05, 0.1) is 25.5 Å². The first-order valence-corrected chi connectivity index (χ1v) is 8.35. The van der Waals surface area contributed by atoms with Gasteiger partial charge in [0.2, 0.25) is 5.88 Å². The second-order valence-electron chi connectivity index (χ2n) is 5.09. The molecule has 0 fully saturated rings. The van der Waals surface area contributed by atoms with E-state index in [0.29, 0.717) is 5.88 Å². The summed E-state index contributed by atoms with van der Waals surface area (Å²) in [6.07, 6.45) is 0.744. The van der Waals surface area contributed by atoms with Crippen LogP contribution in [0.4, 0.5) is 10.1 Å². The van der Waals surface area contributed by atoms with Crippen molar-refractivity contribution >= 4 is 15.7 Å². The predicted octanol–water partition coefficient (Wildman–Crippen LogP) is 2.21. The number of sulfonamides is 1. The van der Waals surface area contributed by atoms with E-state index < -0.39 is 21.9 Å². The smallest absolute Gasteiger partial charge is 0.266 e. The first-order valence-electron chi connectivity index (χ1n) is 6.91. The largest absolute Gasteiger partial charge is 0.484 e. The zero-order valence-corrected chi connectivity index (χ0v) is 13.4. The van der Waals surface area contributed by atoms with Crippen molar-refractivity contribution in [2.24, 2.45) is 0 Å². The number of hydrogen-bond donors (Lipinski definition) is 0. The molecule has 1 aromatic carbocycles. The summed E-state index contributed by atoms with van der Waals surface area (Å²) in [6, 6.07) is 7.06. The van der Waals surface area contributed by atoms with E-state index in [-0.39, 0.29) is 22.9 Å². The monoisotopic (exact) mass is 338 g/mol. The Hall–Kier alpha value is -2.35. The Morgan fingerprint density at radius 2 is 2.13 bits per heavy atom. The van der Waals surface area contributed by atoms with Gasteiger partial charge >= 0.3 is 0 Å². The Morgan fingerprint density at radius 1 is 1.35 bits per heavy atom. The van der Waals surface area contributed by atoms with Crippen molar-refractivity contribution in [3.05, 3.63) is 42.3 Å². The highest BCUT2D eigenvalue weighted by molar-refractivity contribution is 7.92. The summed E-state index contributed by atoms with van der Waals surface area (Å²) >= 11 is 0. The minimum atomic E-state index is -3.88. The van der Waals surface area contributed by atoms with E-state index in [4.69, 9.17) is 9.47 Å². The number of fused-ring (bicyclic) bond motifs is 1. The SMILES string of the molecule is COc1ccc(S(=O)(=O)N2C[C@H](C)Oc3c(F)cccc32)cn1. The number of anilines is 1. The van der Waals surface area contributed by atoms with Gasteiger partial charge in [0.25, 0.3) is 10.0 Å². The van der Waals surface area contributed by atoms with E-state index >= 15 is 0 Å². The molecular formula is C15H15FN2O4S. The standard InChI is InChI=1S/C15H15FN2O4S/c1-10-9-18(13-5-3-4-12(16)15(13)22-10)23(19,20)11-6-7-14(21-2)17-8-11/h3-8,10H,9H2,1-2H3/t10-/m0/s1. The molecule has 8 heteroatoms. The second kappa shape index (κ2) is 5.69. The molecule has 122 valence electrons. The normalized spacial score (nSPS) is 17.3. The van der Waals surface area contributed by atoms with Gasteiger partial charge in [0, 0.05) is 6.07 Å². The van der Waals surface area contributed by atoms with Crippen LogP contribution in [0.15, 0.2) is 41.4 Å². The van der Waals surface area contributed by atoms with Crippen LogP contribution >= 0.6 is 0 Å². The van der Waals surface area contributed by atoms with Crippen LogP contribution in [-0.2, 0) is 10.0 Å². The highest BCUT2D eigenvalue weighted by atomic mass is 32.2. The Kier molecular flexibility index (Phi) is 3.85. The number of pyridine rings is 1. The van der Waals surface area contributed by atoms with Crippen LogP contribution in [0.25, 0.3) is 0 Å². The Balaban J connectivity index is 2.08. The summed E-state index contributed by atoms with van der Waals surface area (Å²) in [5.74, 6) is -0.343. The molecule has 0 saturated carbocycles. The van der Waals surface area contributed by atoms with Crippen molar-refractivity contribution in [3.63, 3.8) is 0 Å². The maximum Gasteiger partial charge on any atom is 0.266 e. The van der Waals surface area contributed by atoms with Crippen molar-refractivity contribution < 1.29 is 22.3 Å². The average molecular weight is 338 g/mol. The van der Waals surface area contributed by atoms with Crippen LogP contribution in [-0.4, -0.2) is 33.2 Å². The van der Waals surface area contributed by atoms with Gasteiger partial charge in [-0.1, -0.05) is 6.07 Å². The molecular weight excluding hydrogens is 323 g/mol. The van der Waals surface area contributed by atoms with E-state index in [1.54, 1.807) is 6.92 Å². The quantitative estimate of drug-likeness (QED) is 0.858. The van der Waals surface area contributed by atoms with Crippen LogP contribution in [0, 0.1) is 5.82 Å². The zero-order valence-electron chi connectivity index (χ0n) is 12.6. The summed E-state index contributed by atoms with van der Waals surface area (Å²) in [4.78, 5) is 3.92. The van der Waals surface area contributed by atoms with Crippen LogP contribution in [0.5, 0.6) is 11.6 Å². The molecule has 23 heavy (non-hydrogen) atoms. The van der Waals surface area contributed by atoms with E-state index in [9.17, 15) is 12.8 Å². The number of benzene rings is 1. The highest BCUT2D eigenvalue weighted by Crippen LogP contribution is 2.38. The molecule has 1 atom stereocenters. The summed E-state index contributed by atoms with van der Waals surface area (Å²) in [6.45, 7) is 1.77. The fraction of sp³-hybridized carbons (Fsp3) is 0.267. The Bertz CT molecular complexity index is 824. The minimum Gasteiger partial charge on any atom is -0.484 e. The number of nitrogens with zero attached hydrogens (tertiary/aromatic N) is 2. The molecule has 0 aliphatic carbocycles. The van der Waals surface area contributed by atoms with E-state index in [0.717, 1.165) is 4.31 Å². The molecule has 2 heterocycles. The van der Waals surface area contributed by atoms with Gasteiger partial charge in [-0.3, -0.25) is 4.31 Å². The third kappa shape index (κ3) is 2.70. The number of hydrogen-bond acceptors (Lipinski definition) is 5. The summed E-state index contributed by atoms with van der Waals surface area (Å²) in [7, 11) is -2.44. The fourth-order valence-electron chi connectivity index (χ4n) is 2.38. The zero-order chi connectivity index (χ0) is 16.6. The van der Waals surface area contributed by atoms with Gasteiger partial charge in [-0.2, -0.15) is 0 Å². The maximum absolute atomic E-state index is 13.9. The van der Waals surface area contributed by atoms with Crippen molar-refractivity contribution in [1.82, 2.24) is 4.98 Å². The third-order valence-electron chi connectivity index (χ3n) is 3.46. The lowest BCUT2D eigenvalue weighted by Gasteiger charge is -2.34. The lowest BCUT2D eigenvalue weighted by molar-refractivity contribution is 0.209. The van der Waals surface area contributed by atoms with Crippen molar-refractivity contribution in [2.45, 2.75) is 17.9 Å². The van der Waals surface area contributed by atoms with Crippen molar-refractivity contribution in [1.29, 1.82) is 0 Å². The van der Waals surface area contributed by atoms with Crippen molar-refractivity contribution in [2.75, 3.05) is 18.0 Å². The molecule has 0 saturated heterocycles. The molecule has 0 amide bonds. The number of para-hydroxylation sites is 1. The summed E-state index contributed by atoms with van der Waals surface area (Å²) in [5, 5.41) is 0. The lowest BCUT2D eigenvalue weighted by atomic mass is 10.2. The molecule has 1 aliphatic rings. The van der Waals surface area contributed by atoms with E-state index in [1.165, 1.54) is 43.6 Å². The number of methoxy groups -OCH3 is 1. The van der Waals surface area contributed by atoms with Crippen LogP contribution in [0.3, 0.4) is 0 Å². The summed E-state index contributed by atoms with van der Waals surface area (Å²) in [5.41, 5.74) is 0.180. The van der Waals surface area contributed by atoms with Gasteiger partial charge in [-0.05, 0) is 25.1 Å². The fourth-order valence-corrected chi connectivity index (χ4v) is 3.87. The number of ether oxygens (including phenoxy) is 2. The molecule has 0 bridgehead atoms. The molecule has 3 rings (SSSR count). The molecule has 0 radical (unpaired) electrons. The van der Waals surface area contributed by atoms with Gasteiger partial charge in [-0.15, -0.1) is 0 Å². The molecule has 1 aliphatic heterocycles. The van der Waals surface area contributed by atoms with Crippen LogP contribution < -0.4 is 13.8 Å². The van der Waals surface area contributed by atoms with Gasteiger partial charge in [0.1, 0.15) is 11.0 Å². The summed E-state index contributed by atoms with van der Waals surface area (Å²) < 4.78 is 51.2. The highest BCUT2D eigenvalue weighted by Gasteiger charge is 2.34. The van der Waals surface area contributed by atoms with Crippen molar-refractivity contribution in [3.8, 4) is 11.6 Å². The maximum atomic E-state index is 13.9. The van der Waals surface area contributed by atoms with Gasteiger partial charge in [-0.25, -0.2) is 17.8 Å².